The first-order valence-corrected chi connectivity index (χ1v) is 9.96. The molecule has 2 atom stereocenters. The predicted octanol–water partition coefficient (Wildman–Crippen LogP) is 2.58. The number of piperidine rings is 1. The normalized spacial score (nSPS) is 20.4. The van der Waals surface area contributed by atoms with Crippen molar-refractivity contribution in [1.29, 1.82) is 0 Å². The molecule has 26 heavy (non-hydrogen) atoms. The van der Waals surface area contributed by atoms with E-state index in [1.54, 1.807) is 25.3 Å². The fourth-order valence-corrected chi connectivity index (χ4v) is 4.31. The molecule has 0 unspecified atom stereocenters. The Bertz CT molecular complexity index is 718. The minimum absolute atomic E-state index is 0.0596. The van der Waals surface area contributed by atoms with Gasteiger partial charge in [-0.1, -0.05) is 25.6 Å². The Hall–Kier alpha value is -1.96. The summed E-state index contributed by atoms with van der Waals surface area (Å²) in [5.74, 6) is 3.36. The molecule has 0 saturated carbocycles. The number of anilines is 1. The molecule has 2 aromatic rings. The zero-order valence-electron chi connectivity index (χ0n) is 15.9. The summed E-state index contributed by atoms with van der Waals surface area (Å²) >= 11 is 1.42. The van der Waals surface area contributed by atoms with Crippen LogP contribution >= 0.6 is 11.8 Å². The van der Waals surface area contributed by atoms with Crippen molar-refractivity contribution in [1.82, 2.24) is 19.7 Å². The van der Waals surface area contributed by atoms with Crippen molar-refractivity contribution in [3.63, 3.8) is 0 Å². The molecule has 0 spiro atoms. The van der Waals surface area contributed by atoms with Crippen molar-refractivity contribution >= 4 is 23.6 Å². The molecule has 0 radical (unpaired) electrons. The van der Waals surface area contributed by atoms with Crippen LogP contribution in [0.4, 0.5) is 5.95 Å². The van der Waals surface area contributed by atoms with Gasteiger partial charge in [0.1, 0.15) is 5.76 Å². The summed E-state index contributed by atoms with van der Waals surface area (Å²) in [5, 5.41) is 9.59. The molecule has 1 aliphatic heterocycles. The van der Waals surface area contributed by atoms with E-state index in [0.29, 0.717) is 24.1 Å². The second-order valence-corrected chi connectivity index (χ2v) is 8.32. The van der Waals surface area contributed by atoms with Crippen LogP contribution in [0, 0.1) is 11.8 Å². The van der Waals surface area contributed by atoms with E-state index >= 15 is 0 Å². The van der Waals surface area contributed by atoms with Gasteiger partial charge in [-0.25, -0.2) is 0 Å². The highest BCUT2D eigenvalue weighted by molar-refractivity contribution is 7.99. The molecule has 7 nitrogen and oxygen atoms in total. The molecule has 3 heterocycles. The van der Waals surface area contributed by atoms with Gasteiger partial charge in [0.15, 0.2) is 5.16 Å². The summed E-state index contributed by atoms with van der Waals surface area (Å²) < 4.78 is 7.60. The number of aromatic nitrogens is 3. The number of amides is 1. The van der Waals surface area contributed by atoms with E-state index in [-0.39, 0.29) is 5.91 Å². The smallest absolute Gasteiger partial charge is 0.232 e. The summed E-state index contributed by atoms with van der Waals surface area (Å²) in [5.41, 5.74) is 0. The van der Waals surface area contributed by atoms with Gasteiger partial charge in [0.05, 0.1) is 18.6 Å². The van der Waals surface area contributed by atoms with Crippen LogP contribution in [0.25, 0.3) is 0 Å². The van der Waals surface area contributed by atoms with Crippen LogP contribution in [0.1, 0.15) is 26.0 Å². The molecule has 3 rings (SSSR count). The second kappa shape index (κ2) is 8.16. The first-order valence-electron chi connectivity index (χ1n) is 8.97. The molecule has 0 bridgehead atoms. The summed E-state index contributed by atoms with van der Waals surface area (Å²) in [6.45, 7) is 7.07. The second-order valence-electron chi connectivity index (χ2n) is 7.38. The van der Waals surface area contributed by atoms with Gasteiger partial charge in [0.2, 0.25) is 11.9 Å². The largest absolute Gasteiger partial charge is 0.467 e. The third-order valence-corrected chi connectivity index (χ3v) is 5.52. The zero-order chi connectivity index (χ0) is 18.7. The van der Waals surface area contributed by atoms with E-state index < -0.39 is 0 Å². The van der Waals surface area contributed by atoms with Gasteiger partial charge < -0.3 is 14.2 Å². The fraction of sp³-hybridized carbons (Fsp3) is 0.611. The molecule has 142 valence electrons. The van der Waals surface area contributed by atoms with E-state index in [4.69, 9.17) is 4.42 Å². The lowest BCUT2D eigenvalue weighted by molar-refractivity contribution is -0.125. The van der Waals surface area contributed by atoms with Crippen LogP contribution in [-0.4, -0.2) is 58.5 Å². The van der Waals surface area contributed by atoms with Crippen molar-refractivity contribution in [3.05, 3.63) is 24.2 Å². The molecular weight excluding hydrogens is 350 g/mol. The monoisotopic (exact) mass is 377 g/mol. The summed E-state index contributed by atoms with van der Waals surface area (Å²) in [6.07, 6.45) is 2.91. The number of carbonyl (C=O) groups is 1. The topological polar surface area (TPSA) is 67.4 Å². The third-order valence-electron chi connectivity index (χ3n) is 4.57. The van der Waals surface area contributed by atoms with Crippen molar-refractivity contribution < 1.29 is 9.21 Å². The van der Waals surface area contributed by atoms with Crippen LogP contribution in [0.2, 0.25) is 0 Å². The van der Waals surface area contributed by atoms with Gasteiger partial charge in [-0.15, -0.1) is 10.2 Å². The van der Waals surface area contributed by atoms with Crippen molar-refractivity contribution in [2.24, 2.45) is 11.8 Å². The molecule has 2 aromatic heterocycles. The SMILES string of the molecule is C[C@@H]1C[C@H](C)CN(c2nnc(SCC(=O)N(C)C)n2Cc2ccco2)C1. The average molecular weight is 378 g/mol. The number of nitrogens with zero attached hydrogens (tertiary/aromatic N) is 5. The molecule has 1 amide bonds. The fourth-order valence-electron chi connectivity index (χ4n) is 3.40. The van der Waals surface area contributed by atoms with Crippen LogP contribution in [0.15, 0.2) is 28.0 Å². The molecule has 0 N–H and O–H groups in total. The number of carbonyl (C=O) groups excluding carboxylic acids is 1. The number of hydrogen-bond donors (Lipinski definition) is 0. The Morgan fingerprint density at radius 2 is 2.04 bits per heavy atom. The van der Waals surface area contributed by atoms with Gasteiger partial charge in [0, 0.05) is 27.2 Å². The first-order chi connectivity index (χ1) is 12.4. The average Bonchev–Trinajstić information content (AvgIpc) is 3.22. The maximum absolute atomic E-state index is 12.0. The first kappa shape index (κ1) is 18.8. The predicted molar refractivity (Wildman–Crippen MR) is 102 cm³/mol. The van der Waals surface area contributed by atoms with Gasteiger partial charge in [-0.3, -0.25) is 9.36 Å². The van der Waals surface area contributed by atoms with Crippen LogP contribution in [-0.2, 0) is 11.3 Å². The van der Waals surface area contributed by atoms with Gasteiger partial charge in [-0.2, -0.15) is 0 Å². The third kappa shape index (κ3) is 4.41. The molecule has 0 aromatic carbocycles. The summed E-state index contributed by atoms with van der Waals surface area (Å²) in [7, 11) is 3.52. The van der Waals surface area contributed by atoms with E-state index in [0.717, 1.165) is 30.0 Å². The molecule has 1 fully saturated rings. The lowest BCUT2D eigenvalue weighted by Gasteiger charge is -2.35. The number of hydrogen-bond acceptors (Lipinski definition) is 6. The highest BCUT2D eigenvalue weighted by Crippen LogP contribution is 2.29. The van der Waals surface area contributed by atoms with Gasteiger partial charge in [-0.05, 0) is 30.4 Å². The standard InChI is InChI=1S/C18H27N5O2S/c1-13-8-14(2)10-22(9-13)17-19-20-18(26-12-16(24)21(3)4)23(17)11-15-6-5-7-25-15/h5-7,13-14H,8-12H2,1-4H3/t13-,14+. The Morgan fingerprint density at radius 3 is 2.65 bits per heavy atom. The van der Waals surface area contributed by atoms with Crippen LogP contribution < -0.4 is 4.90 Å². The Balaban J connectivity index is 1.84. The Morgan fingerprint density at radius 1 is 1.31 bits per heavy atom. The van der Waals surface area contributed by atoms with Crippen molar-refractivity contribution in [2.75, 3.05) is 37.8 Å². The zero-order valence-corrected chi connectivity index (χ0v) is 16.7. The molecule has 1 aliphatic rings. The number of furan rings is 1. The summed E-state index contributed by atoms with van der Waals surface area (Å²) in [6, 6.07) is 3.83. The lowest BCUT2D eigenvalue weighted by Crippen LogP contribution is -2.40. The van der Waals surface area contributed by atoms with Crippen LogP contribution in [0.5, 0.6) is 0 Å². The molecule has 8 heteroatoms. The van der Waals surface area contributed by atoms with Gasteiger partial charge >= 0.3 is 0 Å². The molecular formula is C18H27N5O2S. The minimum Gasteiger partial charge on any atom is -0.467 e. The Kier molecular flexibility index (Phi) is 5.90. The lowest BCUT2D eigenvalue weighted by atomic mass is 9.92. The van der Waals surface area contributed by atoms with E-state index in [1.165, 1.54) is 18.2 Å². The van der Waals surface area contributed by atoms with Gasteiger partial charge in [0.25, 0.3) is 0 Å². The summed E-state index contributed by atoms with van der Waals surface area (Å²) in [4.78, 5) is 15.9. The maximum atomic E-state index is 12.0. The number of thioether (sulfide) groups is 1. The molecule has 0 aliphatic carbocycles. The minimum atomic E-state index is 0.0596. The van der Waals surface area contributed by atoms with E-state index in [9.17, 15) is 4.79 Å². The van der Waals surface area contributed by atoms with Crippen molar-refractivity contribution in [2.45, 2.75) is 32.0 Å². The number of rotatable bonds is 6. The maximum Gasteiger partial charge on any atom is 0.232 e. The highest BCUT2D eigenvalue weighted by atomic mass is 32.2. The van der Waals surface area contributed by atoms with Crippen LogP contribution in [0.3, 0.4) is 0 Å². The Labute approximate surface area is 158 Å². The van der Waals surface area contributed by atoms with E-state index in [1.807, 2.05) is 12.1 Å². The van der Waals surface area contributed by atoms with E-state index in [2.05, 4.69) is 33.5 Å². The van der Waals surface area contributed by atoms with Crippen molar-refractivity contribution in [3.8, 4) is 0 Å². The molecule has 1 saturated heterocycles. The highest BCUT2D eigenvalue weighted by Gasteiger charge is 2.27. The quantitative estimate of drug-likeness (QED) is 0.721.